The number of aldehydes is 1. The van der Waals surface area contributed by atoms with Crippen molar-refractivity contribution in [2.24, 2.45) is 5.84 Å². The number of nitrogens with zero attached hydrogens (tertiary/aromatic N) is 2. The van der Waals surface area contributed by atoms with E-state index in [0.717, 1.165) is 12.0 Å². The van der Waals surface area contributed by atoms with E-state index in [1.165, 1.54) is 5.01 Å². The predicted octanol–water partition coefficient (Wildman–Crippen LogP) is -0.0963. The molecule has 0 radical (unpaired) electrons. The molecule has 0 aromatic carbocycles. The van der Waals surface area contributed by atoms with E-state index in [2.05, 4.69) is 0 Å². The van der Waals surface area contributed by atoms with Gasteiger partial charge >= 0.3 is 0 Å². The predicted molar refractivity (Wildman–Crippen MR) is 49.7 cm³/mol. The molecule has 1 unspecified atom stereocenters. The quantitative estimate of drug-likeness (QED) is 0.439. The fourth-order valence-electron chi connectivity index (χ4n) is 1.35. The van der Waals surface area contributed by atoms with Crippen LogP contribution in [0.4, 0.5) is 0 Å². The number of allylic oxidation sites excluding steroid dienone is 1. The summed E-state index contributed by atoms with van der Waals surface area (Å²) >= 11 is 0. The van der Waals surface area contributed by atoms with Crippen LogP contribution in [0.3, 0.4) is 0 Å². The van der Waals surface area contributed by atoms with Gasteiger partial charge in [-0.2, -0.15) is 0 Å². The fourth-order valence-corrected chi connectivity index (χ4v) is 1.35. The van der Waals surface area contributed by atoms with Gasteiger partial charge in [0.2, 0.25) is 5.96 Å². The third-order valence-corrected chi connectivity index (χ3v) is 2.48. The fraction of sp³-hybridized carbons (Fsp3) is 0.500. The summed E-state index contributed by atoms with van der Waals surface area (Å²) in [5, 5.41) is 8.88. The lowest BCUT2D eigenvalue weighted by Crippen LogP contribution is -2.55. The van der Waals surface area contributed by atoms with Gasteiger partial charge in [-0.3, -0.25) is 15.2 Å². The van der Waals surface area contributed by atoms with Gasteiger partial charge < -0.3 is 4.90 Å². The molecule has 0 fully saturated rings. The standard InChI is InChI=1S/C8H14N4O/c1-5-7(4-13)6(2)12(10)8(9)11(5)3/h4,6,9H,10H2,1-3H3. The third kappa shape index (κ3) is 1.31. The van der Waals surface area contributed by atoms with Crippen molar-refractivity contribution in [2.45, 2.75) is 19.9 Å². The van der Waals surface area contributed by atoms with Crippen molar-refractivity contribution in [3.63, 3.8) is 0 Å². The zero-order chi connectivity index (χ0) is 10.2. The van der Waals surface area contributed by atoms with Crippen LogP contribution in [0.5, 0.6) is 0 Å². The van der Waals surface area contributed by atoms with Crippen molar-refractivity contribution in [1.82, 2.24) is 9.91 Å². The van der Waals surface area contributed by atoms with Crippen LogP contribution in [0.15, 0.2) is 11.3 Å². The minimum atomic E-state index is -0.221. The van der Waals surface area contributed by atoms with Crippen molar-refractivity contribution in [3.05, 3.63) is 11.3 Å². The van der Waals surface area contributed by atoms with Crippen LogP contribution in [0.2, 0.25) is 0 Å². The average Bonchev–Trinajstić information content (AvgIpc) is 2.13. The first kappa shape index (κ1) is 9.73. The molecule has 0 spiro atoms. The van der Waals surface area contributed by atoms with Gasteiger partial charge in [0.25, 0.3) is 0 Å². The average molecular weight is 182 g/mol. The van der Waals surface area contributed by atoms with Crippen molar-refractivity contribution in [2.75, 3.05) is 7.05 Å². The first-order valence-corrected chi connectivity index (χ1v) is 4.02. The molecule has 0 saturated carbocycles. The van der Waals surface area contributed by atoms with E-state index in [9.17, 15) is 4.79 Å². The highest BCUT2D eigenvalue weighted by molar-refractivity contribution is 5.86. The van der Waals surface area contributed by atoms with Crippen LogP contribution in [0.25, 0.3) is 0 Å². The van der Waals surface area contributed by atoms with Gasteiger partial charge in [-0.15, -0.1) is 0 Å². The lowest BCUT2D eigenvalue weighted by Gasteiger charge is -2.38. The molecule has 1 atom stereocenters. The van der Waals surface area contributed by atoms with E-state index in [4.69, 9.17) is 11.3 Å². The largest absolute Gasteiger partial charge is 0.318 e. The molecule has 5 heteroatoms. The minimum Gasteiger partial charge on any atom is -0.318 e. The monoisotopic (exact) mass is 182 g/mol. The zero-order valence-electron chi connectivity index (χ0n) is 8.03. The second-order valence-corrected chi connectivity index (χ2v) is 3.12. The maximum absolute atomic E-state index is 10.7. The van der Waals surface area contributed by atoms with Gasteiger partial charge in [-0.25, -0.2) is 5.84 Å². The SMILES string of the molecule is CC1=C(C=O)C(C)N(N)C(=N)N1C. The number of carbonyl (C=O) groups is 1. The van der Waals surface area contributed by atoms with Crippen LogP contribution in [0, 0.1) is 5.41 Å². The lowest BCUT2D eigenvalue weighted by atomic mass is 10.1. The van der Waals surface area contributed by atoms with Gasteiger partial charge in [-0.05, 0) is 13.8 Å². The van der Waals surface area contributed by atoms with E-state index < -0.39 is 0 Å². The summed E-state index contributed by atoms with van der Waals surface area (Å²) in [5.41, 5.74) is 1.41. The lowest BCUT2D eigenvalue weighted by molar-refractivity contribution is -0.105. The van der Waals surface area contributed by atoms with Crippen LogP contribution >= 0.6 is 0 Å². The number of nitrogens with two attached hydrogens (primary N) is 1. The van der Waals surface area contributed by atoms with Crippen LogP contribution in [-0.4, -0.2) is 35.2 Å². The van der Waals surface area contributed by atoms with E-state index >= 15 is 0 Å². The molecule has 13 heavy (non-hydrogen) atoms. The Balaban J connectivity index is 3.17. The number of carbonyl (C=O) groups excluding carboxylic acids is 1. The summed E-state index contributed by atoms with van der Waals surface area (Å²) < 4.78 is 0. The highest BCUT2D eigenvalue weighted by Gasteiger charge is 2.28. The van der Waals surface area contributed by atoms with E-state index in [-0.39, 0.29) is 12.0 Å². The van der Waals surface area contributed by atoms with E-state index in [1.54, 1.807) is 18.9 Å². The second-order valence-electron chi connectivity index (χ2n) is 3.12. The number of hydrogen-bond acceptors (Lipinski definition) is 3. The molecule has 1 aliphatic heterocycles. The van der Waals surface area contributed by atoms with Gasteiger partial charge in [0.1, 0.15) is 6.29 Å². The Labute approximate surface area is 77.3 Å². The van der Waals surface area contributed by atoms with Crippen molar-refractivity contribution in [1.29, 1.82) is 5.41 Å². The Kier molecular flexibility index (Phi) is 2.38. The molecule has 5 nitrogen and oxygen atoms in total. The van der Waals surface area contributed by atoms with Gasteiger partial charge in [0.15, 0.2) is 0 Å². The molecule has 0 bridgehead atoms. The Morgan fingerprint density at radius 3 is 2.62 bits per heavy atom. The minimum absolute atomic E-state index is 0.204. The summed E-state index contributed by atoms with van der Waals surface area (Å²) in [6.07, 6.45) is 0.794. The highest BCUT2D eigenvalue weighted by Crippen LogP contribution is 2.19. The molecule has 1 heterocycles. The Bertz CT molecular complexity index is 284. The highest BCUT2D eigenvalue weighted by atomic mass is 16.1. The summed E-state index contributed by atoms with van der Waals surface area (Å²) in [7, 11) is 1.72. The third-order valence-electron chi connectivity index (χ3n) is 2.48. The second kappa shape index (κ2) is 3.18. The maximum atomic E-state index is 10.7. The maximum Gasteiger partial charge on any atom is 0.212 e. The van der Waals surface area contributed by atoms with Crippen LogP contribution in [-0.2, 0) is 4.79 Å². The van der Waals surface area contributed by atoms with Gasteiger partial charge in [0.05, 0.1) is 6.04 Å². The molecule has 0 aliphatic carbocycles. The first-order valence-electron chi connectivity index (χ1n) is 4.02. The van der Waals surface area contributed by atoms with Gasteiger partial charge in [0, 0.05) is 18.3 Å². The molecule has 0 amide bonds. The van der Waals surface area contributed by atoms with Gasteiger partial charge in [-0.1, -0.05) is 0 Å². The van der Waals surface area contributed by atoms with Crippen molar-refractivity contribution in [3.8, 4) is 0 Å². The number of hydrogen-bond donors (Lipinski definition) is 2. The molecular formula is C8H14N4O. The van der Waals surface area contributed by atoms with Crippen LogP contribution in [0.1, 0.15) is 13.8 Å². The summed E-state index contributed by atoms with van der Waals surface area (Å²) in [5.74, 6) is 5.82. The van der Waals surface area contributed by atoms with Crippen molar-refractivity contribution >= 4 is 12.2 Å². The Morgan fingerprint density at radius 1 is 1.62 bits per heavy atom. The smallest absolute Gasteiger partial charge is 0.212 e. The summed E-state index contributed by atoms with van der Waals surface area (Å²) in [6, 6.07) is -0.221. The molecular weight excluding hydrogens is 168 g/mol. The number of rotatable bonds is 1. The molecule has 0 aromatic rings. The molecule has 72 valence electrons. The molecule has 3 N–H and O–H groups in total. The number of hydrazine groups is 1. The zero-order valence-corrected chi connectivity index (χ0v) is 8.03. The molecule has 0 saturated heterocycles. The summed E-state index contributed by atoms with van der Waals surface area (Å²) in [4.78, 5) is 12.3. The molecule has 1 rings (SSSR count). The molecule has 0 aromatic heterocycles. The van der Waals surface area contributed by atoms with E-state index in [1.807, 2.05) is 6.92 Å². The van der Waals surface area contributed by atoms with Crippen molar-refractivity contribution < 1.29 is 4.79 Å². The molecule has 1 aliphatic rings. The normalized spacial score (nSPS) is 24.0. The first-order chi connectivity index (χ1) is 6.00. The van der Waals surface area contributed by atoms with Crippen LogP contribution < -0.4 is 5.84 Å². The number of guanidine groups is 1. The Hall–Kier alpha value is -1.36. The topological polar surface area (TPSA) is 73.4 Å². The summed E-state index contributed by atoms with van der Waals surface area (Å²) in [6.45, 7) is 3.61. The number of nitrogens with one attached hydrogen (secondary N) is 1. The van der Waals surface area contributed by atoms with E-state index in [0.29, 0.717) is 5.57 Å². The Morgan fingerprint density at radius 2 is 2.15 bits per heavy atom.